The van der Waals surface area contributed by atoms with E-state index in [0.717, 1.165) is 16.5 Å². The largest absolute Gasteiger partial charge is 0.506 e. The summed E-state index contributed by atoms with van der Waals surface area (Å²) in [4.78, 5) is 12.6. The first kappa shape index (κ1) is 21.7. The maximum absolute atomic E-state index is 12.6. The number of methoxy groups -OCH3 is 1. The second-order valence-electron chi connectivity index (χ2n) is 5.96. The lowest BCUT2D eigenvalue weighted by Gasteiger charge is -2.16. The van der Waals surface area contributed by atoms with Gasteiger partial charge < -0.3 is 15.2 Å². The average Bonchev–Trinajstić information content (AvgIpc) is 2.62. The highest BCUT2D eigenvalue weighted by Crippen LogP contribution is 2.33. The Balaban J connectivity index is 2.18. The predicted octanol–water partition coefficient (Wildman–Crippen LogP) is 5.57. The normalized spacial score (nSPS) is 11.6. The second kappa shape index (κ2) is 9.52. The Morgan fingerprint density at radius 1 is 1.30 bits per heavy atom. The highest BCUT2D eigenvalue weighted by Gasteiger charge is 2.18. The number of aromatic hydroxyl groups is 1. The number of hydrogen-bond donors (Lipinski definition) is 3. The van der Waals surface area contributed by atoms with Crippen LogP contribution in [0.5, 0.6) is 11.5 Å². The van der Waals surface area contributed by atoms with Crippen molar-refractivity contribution in [2.45, 2.75) is 26.2 Å². The number of benzene rings is 2. The highest BCUT2D eigenvalue weighted by atomic mass is 79.9. The van der Waals surface area contributed by atoms with Crippen LogP contribution in [0.15, 0.2) is 39.3 Å². The molecular formula is C19H20Br2N2O3S. The van der Waals surface area contributed by atoms with Crippen molar-refractivity contribution in [3.63, 3.8) is 0 Å². The van der Waals surface area contributed by atoms with Crippen LogP contribution in [0.25, 0.3) is 0 Å². The molecule has 2 aromatic rings. The zero-order valence-electron chi connectivity index (χ0n) is 15.1. The van der Waals surface area contributed by atoms with Gasteiger partial charge in [0, 0.05) is 4.47 Å². The molecule has 0 aromatic heterocycles. The maximum atomic E-state index is 12.6. The fourth-order valence-corrected chi connectivity index (χ4v) is 4.05. The Labute approximate surface area is 180 Å². The van der Waals surface area contributed by atoms with Gasteiger partial charge in [0.2, 0.25) is 0 Å². The lowest BCUT2D eigenvalue weighted by Crippen LogP contribution is -2.34. The van der Waals surface area contributed by atoms with Gasteiger partial charge in [0.15, 0.2) is 5.11 Å². The van der Waals surface area contributed by atoms with E-state index in [1.807, 2.05) is 12.1 Å². The van der Waals surface area contributed by atoms with Crippen LogP contribution in [-0.4, -0.2) is 23.2 Å². The molecule has 8 heteroatoms. The highest BCUT2D eigenvalue weighted by molar-refractivity contribution is 9.11. The first-order valence-corrected chi connectivity index (χ1v) is 10.2. The molecule has 27 heavy (non-hydrogen) atoms. The van der Waals surface area contributed by atoms with Gasteiger partial charge in [-0.05, 0) is 70.3 Å². The van der Waals surface area contributed by atoms with Crippen molar-refractivity contribution in [2.24, 2.45) is 0 Å². The fraction of sp³-hybridized carbons (Fsp3) is 0.263. The Hall–Kier alpha value is -1.64. The molecule has 0 unspecified atom stereocenters. The molecule has 0 bridgehead atoms. The Bertz CT molecular complexity index is 874. The van der Waals surface area contributed by atoms with Crippen molar-refractivity contribution in [1.82, 2.24) is 5.32 Å². The Morgan fingerprint density at radius 2 is 2.00 bits per heavy atom. The van der Waals surface area contributed by atoms with Crippen LogP contribution in [0, 0.1) is 0 Å². The number of phenolic OH excluding ortho intramolecular Hbond substituents is 1. The molecule has 2 aromatic carbocycles. The van der Waals surface area contributed by atoms with Gasteiger partial charge >= 0.3 is 0 Å². The number of anilines is 1. The molecule has 0 aliphatic rings. The van der Waals surface area contributed by atoms with Crippen molar-refractivity contribution in [3.05, 3.63) is 50.4 Å². The van der Waals surface area contributed by atoms with Gasteiger partial charge in [-0.1, -0.05) is 35.8 Å². The van der Waals surface area contributed by atoms with Gasteiger partial charge in [0.25, 0.3) is 5.91 Å². The lowest BCUT2D eigenvalue weighted by molar-refractivity contribution is 0.0974. The number of carbonyl (C=O) groups is 1. The molecule has 2 rings (SSSR count). The first-order valence-electron chi connectivity index (χ1n) is 8.25. The molecule has 5 nitrogen and oxygen atoms in total. The summed E-state index contributed by atoms with van der Waals surface area (Å²) in [6.07, 6.45) is 0.975. The van der Waals surface area contributed by atoms with Crippen LogP contribution in [0.1, 0.15) is 42.1 Å². The van der Waals surface area contributed by atoms with Crippen molar-refractivity contribution < 1.29 is 14.6 Å². The van der Waals surface area contributed by atoms with E-state index in [9.17, 15) is 9.90 Å². The average molecular weight is 516 g/mol. The molecule has 144 valence electrons. The summed E-state index contributed by atoms with van der Waals surface area (Å²) in [7, 11) is 1.49. The third kappa shape index (κ3) is 5.43. The van der Waals surface area contributed by atoms with Gasteiger partial charge in [0.05, 0.1) is 22.8 Å². The fourth-order valence-electron chi connectivity index (χ4n) is 2.46. The van der Waals surface area contributed by atoms with Gasteiger partial charge in [-0.15, -0.1) is 0 Å². The molecule has 3 N–H and O–H groups in total. The van der Waals surface area contributed by atoms with E-state index in [2.05, 4.69) is 56.3 Å². The van der Waals surface area contributed by atoms with Crippen LogP contribution >= 0.6 is 44.1 Å². The molecule has 1 amide bonds. The maximum Gasteiger partial charge on any atom is 0.261 e. The minimum atomic E-state index is -0.427. The van der Waals surface area contributed by atoms with Crippen LogP contribution < -0.4 is 15.4 Å². The minimum Gasteiger partial charge on any atom is -0.506 e. The van der Waals surface area contributed by atoms with E-state index in [1.165, 1.54) is 7.11 Å². The summed E-state index contributed by atoms with van der Waals surface area (Å²) in [5, 5.41) is 15.7. The SMILES string of the molecule is CC[C@@H](C)c1ccc(O)c(NC(=S)NC(=O)c2cc(Br)cc(Br)c2OC)c1. The van der Waals surface area contributed by atoms with Crippen molar-refractivity contribution in [1.29, 1.82) is 0 Å². The van der Waals surface area contributed by atoms with Gasteiger partial charge in [-0.25, -0.2) is 0 Å². The summed E-state index contributed by atoms with van der Waals surface area (Å²) < 4.78 is 6.65. The molecule has 0 aliphatic carbocycles. The number of ether oxygens (including phenoxy) is 1. The zero-order chi connectivity index (χ0) is 20.1. The third-order valence-corrected chi connectivity index (χ3v) is 5.39. The summed E-state index contributed by atoms with van der Waals surface area (Å²) >= 11 is 12.0. The minimum absolute atomic E-state index is 0.0569. The van der Waals surface area contributed by atoms with E-state index in [1.54, 1.807) is 18.2 Å². The molecule has 1 atom stereocenters. The number of thiocarbonyl (C=S) groups is 1. The van der Waals surface area contributed by atoms with Crippen LogP contribution in [0.4, 0.5) is 5.69 Å². The van der Waals surface area contributed by atoms with E-state index < -0.39 is 5.91 Å². The van der Waals surface area contributed by atoms with Gasteiger partial charge in [-0.3, -0.25) is 10.1 Å². The smallest absolute Gasteiger partial charge is 0.261 e. The predicted molar refractivity (Wildman–Crippen MR) is 119 cm³/mol. The quantitative estimate of drug-likeness (QED) is 0.359. The number of phenols is 1. The number of amides is 1. The molecule has 0 spiro atoms. The number of nitrogens with one attached hydrogen (secondary N) is 2. The second-order valence-corrected chi connectivity index (χ2v) is 8.14. The molecule has 0 aliphatic heterocycles. The Kier molecular flexibility index (Phi) is 7.64. The summed E-state index contributed by atoms with van der Waals surface area (Å²) in [6, 6.07) is 8.74. The number of rotatable bonds is 5. The van der Waals surface area contributed by atoms with E-state index in [0.29, 0.717) is 27.4 Å². The van der Waals surface area contributed by atoms with Crippen molar-refractivity contribution in [2.75, 3.05) is 12.4 Å². The number of hydrogen-bond acceptors (Lipinski definition) is 4. The van der Waals surface area contributed by atoms with Crippen molar-refractivity contribution >= 4 is 60.8 Å². The van der Waals surface area contributed by atoms with Crippen LogP contribution in [0.3, 0.4) is 0 Å². The van der Waals surface area contributed by atoms with E-state index >= 15 is 0 Å². The number of halogens is 2. The van der Waals surface area contributed by atoms with Gasteiger partial charge in [-0.2, -0.15) is 0 Å². The zero-order valence-corrected chi connectivity index (χ0v) is 19.1. The molecular weight excluding hydrogens is 496 g/mol. The van der Waals surface area contributed by atoms with Gasteiger partial charge in [0.1, 0.15) is 11.5 Å². The number of carbonyl (C=O) groups excluding carboxylic acids is 1. The van der Waals surface area contributed by atoms with Crippen LogP contribution in [-0.2, 0) is 0 Å². The third-order valence-electron chi connectivity index (χ3n) is 4.13. The monoisotopic (exact) mass is 514 g/mol. The first-order chi connectivity index (χ1) is 12.8. The Morgan fingerprint density at radius 3 is 2.63 bits per heavy atom. The molecule has 0 saturated heterocycles. The molecule has 0 fully saturated rings. The summed E-state index contributed by atoms with van der Waals surface area (Å²) in [5.41, 5.74) is 1.84. The van der Waals surface area contributed by atoms with E-state index in [4.69, 9.17) is 17.0 Å². The standard InChI is InChI=1S/C19H20Br2N2O3S/c1-4-10(2)11-5-6-16(24)15(7-11)22-19(27)23-18(25)13-8-12(20)9-14(21)17(13)26-3/h5-10,24H,4H2,1-3H3,(H2,22,23,25,27)/t10-/m1/s1. The summed E-state index contributed by atoms with van der Waals surface area (Å²) in [6.45, 7) is 4.20. The molecule has 0 heterocycles. The topological polar surface area (TPSA) is 70.6 Å². The van der Waals surface area contributed by atoms with Crippen molar-refractivity contribution in [3.8, 4) is 11.5 Å². The van der Waals surface area contributed by atoms with Crippen LogP contribution in [0.2, 0.25) is 0 Å². The summed E-state index contributed by atoms with van der Waals surface area (Å²) in [5.74, 6) is 0.378. The van der Waals surface area contributed by atoms with E-state index in [-0.39, 0.29) is 10.9 Å². The lowest BCUT2D eigenvalue weighted by atomic mass is 9.98. The molecule has 0 saturated carbocycles. The molecule has 0 radical (unpaired) electrons.